The molecule has 0 spiro atoms. The van der Waals surface area contributed by atoms with Crippen LogP contribution in [0.4, 0.5) is 0 Å². The molecule has 0 saturated carbocycles. The van der Waals surface area contributed by atoms with Crippen LogP contribution in [0.5, 0.6) is 0 Å². The molecular formula is C7H18O3S. The molecule has 0 aliphatic rings. The number of hydrogen-bond acceptors (Lipinski definition) is 3. The number of aliphatic hydroxyl groups is 2. The van der Waals surface area contributed by atoms with Crippen LogP contribution in [0.1, 0.15) is 19.8 Å². The Morgan fingerprint density at radius 1 is 1.45 bits per heavy atom. The first-order valence-corrected chi connectivity index (χ1v) is 5.55. The maximum absolute atomic E-state index is 9.56. The topological polar surface area (TPSA) is 63.5 Å². The van der Waals surface area contributed by atoms with E-state index in [4.69, 9.17) is 10.2 Å². The summed E-state index contributed by atoms with van der Waals surface area (Å²) in [5.41, 5.74) is 0. The Morgan fingerprint density at radius 3 is 1.91 bits per heavy atom. The monoisotopic (exact) mass is 182 g/mol. The number of hydrogen-bond donors (Lipinski definition) is 2. The first kappa shape index (κ1) is 13.8. The highest BCUT2D eigenvalue weighted by Crippen LogP contribution is 1.92. The highest BCUT2D eigenvalue weighted by molar-refractivity contribution is 7.89. The summed E-state index contributed by atoms with van der Waals surface area (Å²) >= 11 is -0.611. The van der Waals surface area contributed by atoms with Crippen molar-refractivity contribution in [3.63, 3.8) is 0 Å². The van der Waals surface area contributed by atoms with E-state index in [0.29, 0.717) is 6.42 Å². The molecule has 3 nitrogen and oxygen atoms in total. The minimum absolute atomic E-state index is 0.0923. The third-order valence-corrected chi connectivity index (χ3v) is 0.934. The van der Waals surface area contributed by atoms with E-state index >= 15 is 0 Å². The van der Waals surface area contributed by atoms with Crippen molar-refractivity contribution in [2.24, 2.45) is 0 Å². The van der Waals surface area contributed by atoms with E-state index in [1.54, 1.807) is 12.5 Å². The fourth-order valence-electron chi connectivity index (χ4n) is 0.353. The van der Waals surface area contributed by atoms with E-state index < -0.39 is 11.2 Å². The summed E-state index contributed by atoms with van der Waals surface area (Å²) < 4.78 is 9.56. The molecule has 0 radical (unpaired) electrons. The van der Waals surface area contributed by atoms with Crippen molar-refractivity contribution in [1.29, 1.82) is 0 Å². The minimum Gasteiger partial charge on any atom is -0.617 e. The van der Waals surface area contributed by atoms with Crippen LogP contribution >= 0.6 is 0 Å². The third kappa shape index (κ3) is 25.3. The Balaban J connectivity index is 0. The van der Waals surface area contributed by atoms with Crippen molar-refractivity contribution in [1.82, 2.24) is 0 Å². The van der Waals surface area contributed by atoms with Crippen molar-refractivity contribution in [2.75, 3.05) is 19.1 Å². The summed E-state index contributed by atoms with van der Waals surface area (Å²) in [5, 5.41) is 16.9. The zero-order chi connectivity index (χ0) is 9.28. The zero-order valence-electron chi connectivity index (χ0n) is 7.41. The molecule has 0 saturated heterocycles. The van der Waals surface area contributed by atoms with Crippen LogP contribution in [-0.4, -0.2) is 40.0 Å². The van der Waals surface area contributed by atoms with Crippen LogP contribution in [0.3, 0.4) is 0 Å². The molecule has 0 amide bonds. The maximum atomic E-state index is 9.56. The molecule has 1 unspecified atom stereocenters. The average Bonchev–Trinajstić information content (AvgIpc) is 1.87. The Labute approximate surface area is 71.6 Å². The van der Waals surface area contributed by atoms with Gasteiger partial charge in [0, 0.05) is 6.61 Å². The van der Waals surface area contributed by atoms with Gasteiger partial charge in [-0.15, -0.1) is 0 Å². The number of aliphatic hydroxyl groups excluding tert-OH is 2. The van der Waals surface area contributed by atoms with Gasteiger partial charge < -0.3 is 14.8 Å². The summed E-state index contributed by atoms with van der Waals surface area (Å²) in [6.45, 7) is 1.98. The Kier molecular flexibility index (Phi) is 12.8. The van der Waals surface area contributed by atoms with Gasteiger partial charge >= 0.3 is 0 Å². The standard InChI is InChI=1S/C5H12O2.C2H6OS/c1-2-5(7)3-4-6;1-4(2)3/h5-7H,2-4H2,1H3;1-2H3. The molecule has 0 aromatic carbocycles. The quantitative estimate of drug-likeness (QED) is 0.610. The summed E-state index contributed by atoms with van der Waals surface area (Å²) in [7, 11) is 0. The summed E-state index contributed by atoms with van der Waals surface area (Å²) in [6, 6.07) is 0. The smallest absolute Gasteiger partial charge is 0.0946 e. The lowest BCUT2D eigenvalue weighted by Crippen LogP contribution is -2.05. The normalized spacial score (nSPS) is 12.3. The van der Waals surface area contributed by atoms with Crippen molar-refractivity contribution >= 4 is 11.2 Å². The van der Waals surface area contributed by atoms with Gasteiger partial charge in [0.05, 0.1) is 18.6 Å². The molecule has 0 fully saturated rings. The van der Waals surface area contributed by atoms with Crippen molar-refractivity contribution in [2.45, 2.75) is 25.9 Å². The molecular weight excluding hydrogens is 164 g/mol. The molecule has 0 aromatic rings. The Bertz CT molecular complexity index is 66.0. The first-order chi connectivity index (χ1) is 5.04. The fourth-order valence-corrected chi connectivity index (χ4v) is 0.353. The lowest BCUT2D eigenvalue weighted by Gasteiger charge is -2.01. The molecule has 0 rings (SSSR count). The number of rotatable bonds is 3. The molecule has 0 aromatic heterocycles. The third-order valence-electron chi connectivity index (χ3n) is 0.934. The van der Waals surface area contributed by atoms with E-state index in [1.807, 2.05) is 6.92 Å². The molecule has 0 heterocycles. The van der Waals surface area contributed by atoms with Crippen LogP contribution in [0.15, 0.2) is 0 Å². The Hall–Kier alpha value is 0.230. The van der Waals surface area contributed by atoms with Crippen LogP contribution in [0, 0.1) is 0 Å². The second-order valence-corrected chi connectivity index (χ2v) is 3.80. The van der Waals surface area contributed by atoms with Gasteiger partial charge in [-0.05, 0) is 12.8 Å². The molecule has 4 heteroatoms. The largest absolute Gasteiger partial charge is 0.617 e. The van der Waals surface area contributed by atoms with Gasteiger partial charge in [-0.2, -0.15) is 0 Å². The van der Waals surface area contributed by atoms with Crippen LogP contribution in [-0.2, 0) is 11.2 Å². The SMILES string of the molecule is CCC(O)CCO.C[S+](C)[O-]. The van der Waals surface area contributed by atoms with Gasteiger partial charge in [-0.25, -0.2) is 0 Å². The van der Waals surface area contributed by atoms with Crippen molar-refractivity contribution in [3.05, 3.63) is 0 Å². The highest BCUT2D eigenvalue weighted by atomic mass is 32.2. The molecule has 2 N–H and O–H groups in total. The lowest BCUT2D eigenvalue weighted by molar-refractivity contribution is 0.129. The summed E-state index contributed by atoms with van der Waals surface area (Å²) in [6.07, 6.45) is 4.22. The minimum atomic E-state index is -0.611. The molecule has 1 atom stereocenters. The molecule has 0 aliphatic heterocycles. The average molecular weight is 182 g/mol. The van der Waals surface area contributed by atoms with E-state index in [2.05, 4.69) is 0 Å². The first-order valence-electron chi connectivity index (χ1n) is 3.58. The van der Waals surface area contributed by atoms with Gasteiger partial charge in [0.25, 0.3) is 0 Å². The van der Waals surface area contributed by atoms with Gasteiger partial charge in [-0.3, -0.25) is 0 Å². The van der Waals surface area contributed by atoms with Crippen LogP contribution in [0.2, 0.25) is 0 Å². The second kappa shape index (κ2) is 10.2. The van der Waals surface area contributed by atoms with Crippen molar-refractivity contribution in [3.8, 4) is 0 Å². The fraction of sp³-hybridized carbons (Fsp3) is 1.00. The predicted octanol–water partition coefficient (Wildman–Crippen LogP) is 0.134. The van der Waals surface area contributed by atoms with Gasteiger partial charge in [0.2, 0.25) is 0 Å². The zero-order valence-corrected chi connectivity index (χ0v) is 8.23. The van der Waals surface area contributed by atoms with E-state index in [1.165, 1.54) is 0 Å². The summed E-state index contributed by atoms with van der Waals surface area (Å²) in [5.74, 6) is 0. The second-order valence-electron chi connectivity index (χ2n) is 2.32. The van der Waals surface area contributed by atoms with Gasteiger partial charge in [0.15, 0.2) is 0 Å². The van der Waals surface area contributed by atoms with Crippen LogP contribution < -0.4 is 0 Å². The Morgan fingerprint density at radius 2 is 1.82 bits per heavy atom. The highest BCUT2D eigenvalue weighted by Gasteiger charge is 1.95. The maximum Gasteiger partial charge on any atom is 0.0946 e. The molecule has 0 bridgehead atoms. The van der Waals surface area contributed by atoms with Gasteiger partial charge in [0.1, 0.15) is 0 Å². The lowest BCUT2D eigenvalue weighted by atomic mass is 10.2. The van der Waals surface area contributed by atoms with Crippen LogP contribution in [0.25, 0.3) is 0 Å². The van der Waals surface area contributed by atoms with E-state index in [0.717, 1.165) is 6.42 Å². The van der Waals surface area contributed by atoms with Gasteiger partial charge in [-0.1, -0.05) is 18.1 Å². The van der Waals surface area contributed by atoms with E-state index in [9.17, 15) is 4.55 Å². The molecule has 70 valence electrons. The summed E-state index contributed by atoms with van der Waals surface area (Å²) in [4.78, 5) is 0. The predicted molar refractivity (Wildman–Crippen MR) is 48.0 cm³/mol. The van der Waals surface area contributed by atoms with Crippen molar-refractivity contribution < 1.29 is 14.8 Å². The van der Waals surface area contributed by atoms with E-state index in [-0.39, 0.29) is 12.7 Å². The molecule has 0 aliphatic carbocycles. The molecule has 11 heavy (non-hydrogen) atoms.